The highest BCUT2D eigenvalue weighted by molar-refractivity contribution is 7.89. The summed E-state index contributed by atoms with van der Waals surface area (Å²) in [4.78, 5) is 12.0. The molecule has 6 nitrogen and oxygen atoms in total. The topological polar surface area (TPSA) is 87.3 Å². The predicted octanol–water partition coefficient (Wildman–Crippen LogP) is 0.786. The van der Waals surface area contributed by atoms with Crippen LogP contribution in [0.5, 0.6) is 0 Å². The number of aryl methyl sites for hydroxylation is 1. The summed E-state index contributed by atoms with van der Waals surface area (Å²) >= 11 is 0. The van der Waals surface area contributed by atoms with Crippen molar-refractivity contribution in [2.75, 3.05) is 19.6 Å². The average molecular weight is 339 g/mol. The molecule has 1 amide bonds. The molecule has 0 radical (unpaired) electrons. The highest BCUT2D eigenvalue weighted by Crippen LogP contribution is 2.22. The lowest BCUT2D eigenvalue weighted by molar-refractivity contribution is -0.121. The summed E-state index contributed by atoms with van der Waals surface area (Å²) in [6, 6.07) is 6.85. The lowest BCUT2D eigenvalue weighted by Gasteiger charge is -2.07. The van der Waals surface area contributed by atoms with Gasteiger partial charge < -0.3 is 10.6 Å². The maximum absolute atomic E-state index is 12.1. The van der Waals surface area contributed by atoms with Crippen LogP contribution in [0.25, 0.3) is 0 Å². The van der Waals surface area contributed by atoms with Crippen LogP contribution in [-0.4, -0.2) is 40.0 Å². The number of carbonyl (C=O) groups is 1. The zero-order valence-corrected chi connectivity index (χ0v) is 14.3. The molecule has 0 unspecified atom stereocenters. The van der Waals surface area contributed by atoms with Crippen molar-refractivity contribution in [2.24, 2.45) is 0 Å². The fourth-order valence-corrected chi connectivity index (χ4v) is 3.44. The van der Waals surface area contributed by atoms with Crippen LogP contribution in [0.1, 0.15) is 31.7 Å². The van der Waals surface area contributed by atoms with E-state index in [-0.39, 0.29) is 16.8 Å². The van der Waals surface area contributed by atoms with Gasteiger partial charge in [-0.2, -0.15) is 0 Å². The SMILES string of the molecule is CCNCCNC(=O)CCc1ccc(S(=O)(=O)NC2CC2)cc1. The van der Waals surface area contributed by atoms with E-state index in [9.17, 15) is 13.2 Å². The van der Waals surface area contributed by atoms with Crippen molar-refractivity contribution in [3.8, 4) is 0 Å². The number of benzene rings is 1. The van der Waals surface area contributed by atoms with Gasteiger partial charge in [-0.05, 0) is 43.5 Å². The minimum absolute atomic E-state index is 0.00926. The van der Waals surface area contributed by atoms with Crippen molar-refractivity contribution in [1.82, 2.24) is 15.4 Å². The Kier molecular flexibility index (Phi) is 6.56. The van der Waals surface area contributed by atoms with Gasteiger partial charge in [-0.1, -0.05) is 19.1 Å². The molecule has 2 rings (SSSR count). The van der Waals surface area contributed by atoms with Gasteiger partial charge in [0.25, 0.3) is 0 Å². The Morgan fingerprint density at radius 1 is 1.17 bits per heavy atom. The molecule has 1 aliphatic rings. The normalized spacial score (nSPS) is 14.7. The molecule has 0 bridgehead atoms. The molecule has 0 saturated heterocycles. The van der Waals surface area contributed by atoms with E-state index in [0.717, 1.165) is 31.5 Å². The van der Waals surface area contributed by atoms with Gasteiger partial charge in [-0.3, -0.25) is 4.79 Å². The number of nitrogens with one attached hydrogen (secondary N) is 3. The van der Waals surface area contributed by atoms with E-state index in [0.29, 0.717) is 19.4 Å². The molecule has 3 N–H and O–H groups in total. The summed E-state index contributed by atoms with van der Waals surface area (Å²) in [6.45, 7) is 4.30. The Morgan fingerprint density at radius 3 is 2.48 bits per heavy atom. The summed E-state index contributed by atoms with van der Waals surface area (Å²) < 4.78 is 26.8. The number of sulfonamides is 1. The van der Waals surface area contributed by atoms with Crippen LogP contribution in [0.3, 0.4) is 0 Å². The van der Waals surface area contributed by atoms with Gasteiger partial charge in [0.1, 0.15) is 0 Å². The summed E-state index contributed by atoms with van der Waals surface area (Å²) in [5.41, 5.74) is 0.956. The number of carbonyl (C=O) groups excluding carboxylic acids is 1. The number of hydrogen-bond donors (Lipinski definition) is 3. The second-order valence-corrected chi connectivity index (χ2v) is 7.46. The molecule has 7 heteroatoms. The lowest BCUT2D eigenvalue weighted by atomic mass is 10.1. The molecule has 23 heavy (non-hydrogen) atoms. The summed E-state index contributed by atoms with van der Waals surface area (Å²) in [5.74, 6) is 0.00926. The van der Waals surface area contributed by atoms with Crippen LogP contribution in [0.15, 0.2) is 29.2 Å². The maximum Gasteiger partial charge on any atom is 0.240 e. The first-order valence-electron chi connectivity index (χ1n) is 8.10. The smallest absolute Gasteiger partial charge is 0.240 e. The Bertz CT molecular complexity index is 610. The van der Waals surface area contributed by atoms with Gasteiger partial charge in [0.05, 0.1) is 4.90 Å². The maximum atomic E-state index is 12.1. The highest BCUT2D eigenvalue weighted by Gasteiger charge is 2.27. The van der Waals surface area contributed by atoms with Crippen molar-refractivity contribution in [1.29, 1.82) is 0 Å². The number of amides is 1. The molecule has 1 fully saturated rings. The third-order valence-corrected chi connectivity index (χ3v) is 5.18. The van der Waals surface area contributed by atoms with Gasteiger partial charge in [0, 0.05) is 25.6 Å². The Labute approximate surface area is 138 Å². The summed E-state index contributed by atoms with van der Waals surface area (Å²) in [6.07, 6.45) is 2.84. The molecule has 1 aromatic carbocycles. The highest BCUT2D eigenvalue weighted by atomic mass is 32.2. The van der Waals surface area contributed by atoms with E-state index >= 15 is 0 Å². The fraction of sp³-hybridized carbons (Fsp3) is 0.562. The second kappa shape index (κ2) is 8.42. The van der Waals surface area contributed by atoms with Gasteiger partial charge >= 0.3 is 0 Å². The predicted molar refractivity (Wildman–Crippen MR) is 89.7 cm³/mol. The van der Waals surface area contributed by atoms with Gasteiger partial charge in [0.15, 0.2) is 0 Å². The van der Waals surface area contributed by atoms with Crippen molar-refractivity contribution in [3.05, 3.63) is 29.8 Å². The van der Waals surface area contributed by atoms with Crippen LogP contribution in [0, 0.1) is 0 Å². The second-order valence-electron chi connectivity index (χ2n) is 5.74. The van der Waals surface area contributed by atoms with E-state index < -0.39 is 10.0 Å². The van der Waals surface area contributed by atoms with Crippen LogP contribution in [0.4, 0.5) is 0 Å². The van der Waals surface area contributed by atoms with Crippen molar-refractivity contribution >= 4 is 15.9 Å². The number of likely N-dealkylation sites (N-methyl/N-ethyl adjacent to an activating group) is 1. The molecule has 1 aromatic rings. The standard InChI is InChI=1S/C16H25N3O3S/c1-2-17-11-12-18-16(20)10-5-13-3-8-15(9-4-13)23(21,22)19-14-6-7-14/h3-4,8-9,14,17,19H,2,5-7,10-12H2,1H3,(H,18,20). The zero-order chi connectivity index (χ0) is 16.7. The monoisotopic (exact) mass is 339 g/mol. The minimum Gasteiger partial charge on any atom is -0.355 e. The zero-order valence-electron chi connectivity index (χ0n) is 13.5. The first-order valence-corrected chi connectivity index (χ1v) is 9.58. The molecule has 0 atom stereocenters. The Hall–Kier alpha value is -1.44. The Morgan fingerprint density at radius 2 is 1.87 bits per heavy atom. The third kappa shape index (κ3) is 6.29. The molecule has 128 valence electrons. The molecule has 0 aliphatic heterocycles. The first-order chi connectivity index (χ1) is 11.0. The van der Waals surface area contributed by atoms with E-state index in [2.05, 4.69) is 15.4 Å². The molecule has 1 saturated carbocycles. The third-order valence-electron chi connectivity index (χ3n) is 3.65. The fourth-order valence-electron chi connectivity index (χ4n) is 2.14. The van der Waals surface area contributed by atoms with Crippen LogP contribution in [0.2, 0.25) is 0 Å². The summed E-state index contributed by atoms with van der Waals surface area (Å²) in [7, 11) is -3.40. The van der Waals surface area contributed by atoms with Crippen LogP contribution in [-0.2, 0) is 21.2 Å². The van der Waals surface area contributed by atoms with E-state index in [1.807, 2.05) is 6.92 Å². The van der Waals surface area contributed by atoms with E-state index in [1.165, 1.54) is 0 Å². The van der Waals surface area contributed by atoms with Gasteiger partial charge in [0.2, 0.25) is 15.9 Å². The van der Waals surface area contributed by atoms with Crippen LogP contribution < -0.4 is 15.4 Å². The largest absolute Gasteiger partial charge is 0.355 e. The average Bonchev–Trinajstić information content (AvgIpc) is 3.33. The number of hydrogen-bond acceptors (Lipinski definition) is 4. The van der Waals surface area contributed by atoms with E-state index in [1.54, 1.807) is 24.3 Å². The summed E-state index contributed by atoms with van der Waals surface area (Å²) in [5, 5.41) is 5.98. The quantitative estimate of drug-likeness (QED) is 0.550. The van der Waals surface area contributed by atoms with Crippen molar-refractivity contribution in [2.45, 2.75) is 43.5 Å². The molecular formula is C16H25N3O3S. The first kappa shape index (κ1) is 17.9. The Balaban J connectivity index is 1.77. The van der Waals surface area contributed by atoms with Crippen molar-refractivity contribution in [3.63, 3.8) is 0 Å². The van der Waals surface area contributed by atoms with Gasteiger partial charge in [-0.25, -0.2) is 13.1 Å². The molecule has 0 aromatic heterocycles. The van der Waals surface area contributed by atoms with E-state index in [4.69, 9.17) is 0 Å². The number of rotatable bonds is 10. The molecular weight excluding hydrogens is 314 g/mol. The minimum atomic E-state index is -3.40. The lowest BCUT2D eigenvalue weighted by Crippen LogP contribution is -2.31. The molecule has 0 heterocycles. The van der Waals surface area contributed by atoms with Crippen molar-refractivity contribution < 1.29 is 13.2 Å². The molecule has 1 aliphatic carbocycles. The molecule has 0 spiro atoms. The van der Waals surface area contributed by atoms with Crippen LogP contribution >= 0.6 is 0 Å². The van der Waals surface area contributed by atoms with Gasteiger partial charge in [-0.15, -0.1) is 0 Å².